The number of benzene rings is 2. The Labute approximate surface area is 228 Å². The summed E-state index contributed by atoms with van der Waals surface area (Å²) in [6.45, 7) is 17.8. The largest absolute Gasteiger partial charge is 0.490 e. The molecule has 2 aliphatic rings. The lowest BCUT2D eigenvalue weighted by atomic mass is 9.72. The van der Waals surface area contributed by atoms with E-state index in [-0.39, 0.29) is 28.3 Å². The number of halogens is 1. The molecule has 1 spiro atoms. The van der Waals surface area contributed by atoms with E-state index in [9.17, 15) is 4.79 Å². The third-order valence-electron chi connectivity index (χ3n) is 8.09. The second-order valence-electron chi connectivity index (χ2n) is 11.0. The Bertz CT molecular complexity index is 1440. The van der Waals surface area contributed by atoms with E-state index in [1.165, 1.54) is 6.08 Å². The molecule has 0 atom stereocenters. The third-order valence-corrected chi connectivity index (χ3v) is 8.09. The molecular weight excluding hydrogens is 495 g/mol. The van der Waals surface area contributed by atoms with Crippen LogP contribution >= 0.6 is 0 Å². The average Bonchev–Trinajstić information content (AvgIpc) is 3.39. The Morgan fingerprint density at radius 2 is 2.05 bits per heavy atom. The normalized spacial score (nSPS) is 16.4. The number of fused-ring (bicyclic) bond motifs is 1. The lowest BCUT2D eigenvalue weighted by molar-refractivity contribution is -0.139. The maximum absolute atomic E-state index is 16.3. The van der Waals surface area contributed by atoms with Gasteiger partial charge in [-0.15, -0.1) is 0 Å². The highest BCUT2D eigenvalue weighted by Gasteiger charge is 2.46. The summed E-state index contributed by atoms with van der Waals surface area (Å²) in [5.41, 5.74) is 3.66. The van der Waals surface area contributed by atoms with Gasteiger partial charge in [0, 0.05) is 54.8 Å². The summed E-state index contributed by atoms with van der Waals surface area (Å²) >= 11 is 0. The van der Waals surface area contributed by atoms with E-state index in [4.69, 9.17) is 11.3 Å². The van der Waals surface area contributed by atoms with Gasteiger partial charge >= 0.3 is 0 Å². The van der Waals surface area contributed by atoms with Crippen molar-refractivity contribution < 1.29 is 13.9 Å². The summed E-state index contributed by atoms with van der Waals surface area (Å²) in [6, 6.07) is 5.55. The molecule has 9 heteroatoms. The van der Waals surface area contributed by atoms with Crippen LogP contribution in [0.3, 0.4) is 0 Å². The molecule has 204 valence electrons. The van der Waals surface area contributed by atoms with Crippen molar-refractivity contribution in [2.45, 2.75) is 26.2 Å². The number of piperidine rings is 1. The molecule has 3 heterocycles. The van der Waals surface area contributed by atoms with E-state index < -0.39 is 5.82 Å². The number of aromatic amines is 1. The van der Waals surface area contributed by atoms with Gasteiger partial charge in [-0.25, -0.2) is 9.24 Å². The standard InChI is InChI=1S/C30H35FN6O2/c1-6-25(38)37-18-30(19-37)10-13-36(14-11-30)23-16-24(39-15-7-12-35(4)5)28(31)27(29(23)32-3)26-20(2)8-9-22-21(26)17-33-34-22/h6,8-9,16-17H,1,7,10-15,18-19H2,2,4-5H3,(H,33,34). The zero-order chi connectivity index (χ0) is 27.7. The summed E-state index contributed by atoms with van der Waals surface area (Å²) in [4.78, 5) is 22.0. The van der Waals surface area contributed by atoms with Gasteiger partial charge in [0.15, 0.2) is 11.6 Å². The van der Waals surface area contributed by atoms with Gasteiger partial charge in [0.1, 0.15) is 0 Å². The van der Waals surface area contributed by atoms with Crippen LogP contribution in [0.1, 0.15) is 24.8 Å². The quantitative estimate of drug-likeness (QED) is 0.247. The van der Waals surface area contributed by atoms with Gasteiger partial charge in [-0.05, 0) is 69.6 Å². The molecule has 0 bridgehead atoms. The first kappa shape index (κ1) is 26.7. The number of amides is 1. The molecular formula is C30H35FN6O2. The van der Waals surface area contributed by atoms with Crippen LogP contribution in [0.15, 0.2) is 37.1 Å². The van der Waals surface area contributed by atoms with Gasteiger partial charge in [-0.1, -0.05) is 12.6 Å². The van der Waals surface area contributed by atoms with Crippen molar-refractivity contribution in [1.82, 2.24) is 20.0 Å². The van der Waals surface area contributed by atoms with Crippen molar-refractivity contribution in [3.63, 3.8) is 0 Å². The first-order valence-electron chi connectivity index (χ1n) is 13.4. The number of likely N-dealkylation sites (tertiary alicyclic amines) is 1. The maximum atomic E-state index is 16.3. The minimum Gasteiger partial charge on any atom is -0.490 e. The number of rotatable bonds is 8. The van der Waals surface area contributed by atoms with Crippen LogP contribution in [0.4, 0.5) is 15.8 Å². The summed E-state index contributed by atoms with van der Waals surface area (Å²) in [7, 11) is 3.99. The molecule has 1 N–H and O–H groups in total. The second-order valence-corrected chi connectivity index (χ2v) is 11.0. The van der Waals surface area contributed by atoms with Crippen LogP contribution in [-0.2, 0) is 4.79 Å². The predicted molar refractivity (Wildman–Crippen MR) is 152 cm³/mol. The van der Waals surface area contributed by atoms with Crippen LogP contribution in [0.2, 0.25) is 0 Å². The van der Waals surface area contributed by atoms with E-state index in [1.54, 1.807) is 12.3 Å². The molecule has 2 aromatic carbocycles. The van der Waals surface area contributed by atoms with Crippen LogP contribution in [0, 0.1) is 24.7 Å². The van der Waals surface area contributed by atoms with E-state index in [1.807, 2.05) is 38.1 Å². The van der Waals surface area contributed by atoms with Crippen molar-refractivity contribution in [2.24, 2.45) is 5.41 Å². The van der Waals surface area contributed by atoms with Crippen LogP contribution < -0.4 is 9.64 Å². The minimum absolute atomic E-state index is 0.0265. The van der Waals surface area contributed by atoms with Crippen LogP contribution in [0.5, 0.6) is 5.75 Å². The SMILES string of the molecule is [C-]#[N+]c1c(N2CCC3(CC2)CN(C(=O)C=C)C3)cc(OCCCN(C)C)c(F)c1-c1c(C)ccc2[nH]ncc12. The average molecular weight is 531 g/mol. The molecule has 0 unspecified atom stereocenters. The molecule has 3 aromatic rings. The highest BCUT2D eigenvalue weighted by molar-refractivity contribution is 6.03. The summed E-state index contributed by atoms with van der Waals surface area (Å²) in [6.07, 6.45) is 5.60. The number of carbonyl (C=O) groups is 1. The Hall–Kier alpha value is -3.90. The van der Waals surface area contributed by atoms with Gasteiger partial charge in [0.25, 0.3) is 0 Å². The topological polar surface area (TPSA) is 69.1 Å². The Kier molecular flexibility index (Phi) is 7.32. The maximum Gasteiger partial charge on any atom is 0.245 e. The highest BCUT2D eigenvalue weighted by atomic mass is 19.1. The van der Waals surface area contributed by atoms with Crippen molar-refractivity contribution in [3.8, 4) is 16.9 Å². The molecule has 8 nitrogen and oxygen atoms in total. The van der Waals surface area contributed by atoms with Crippen molar-refractivity contribution >= 4 is 28.2 Å². The van der Waals surface area contributed by atoms with E-state index in [0.717, 1.165) is 68.5 Å². The van der Waals surface area contributed by atoms with Crippen molar-refractivity contribution in [1.29, 1.82) is 0 Å². The number of nitrogens with zero attached hydrogens (tertiary/aromatic N) is 5. The lowest BCUT2D eigenvalue weighted by Crippen LogP contribution is -2.61. The lowest BCUT2D eigenvalue weighted by Gasteiger charge is -2.54. The highest BCUT2D eigenvalue weighted by Crippen LogP contribution is 2.49. The number of hydrogen-bond acceptors (Lipinski definition) is 5. The minimum atomic E-state index is -0.516. The van der Waals surface area contributed by atoms with Gasteiger partial charge in [-0.3, -0.25) is 9.89 Å². The van der Waals surface area contributed by atoms with E-state index in [2.05, 4.69) is 31.4 Å². The Balaban J connectivity index is 1.52. The van der Waals surface area contributed by atoms with Gasteiger partial charge in [0.05, 0.1) is 24.9 Å². The van der Waals surface area contributed by atoms with Gasteiger partial charge in [0.2, 0.25) is 11.6 Å². The number of ether oxygens (including phenoxy) is 1. The van der Waals surface area contributed by atoms with E-state index in [0.29, 0.717) is 17.9 Å². The second kappa shape index (κ2) is 10.7. The fourth-order valence-electron chi connectivity index (χ4n) is 5.91. The molecule has 5 rings (SSSR count). The molecule has 1 aromatic heterocycles. The summed E-state index contributed by atoms with van der Waals surface area (Å²) in [5, 5.41) is 7.91. The summed E-state index contributed by atoms with van der Waals surface area (Å²) in [5.74, 6) is -0.378. The Morgan fingerprint density at radius 3 is 2.72 bits per heavy atom. The number of carbonyl (C=O) groups excluding carboxylic acids is 1. The monoisotopic (exact) mass is 530 g/mol. The number of H-pyrrole nitrogens is 1. The predicted octanol–water partition coefficient (Wildman–Crippen LogP) is 5.17. The zero-order valence-corrected chi connectivity index (χ0v) is 22.9. The molecule has 2 fully saturated rings. The number of aromatic nitrogens is 2. The first-order chi connectivity index (χ1) is 18.8. The van der Waals surface area contributed by atoms with Gasteiger partial charge in [-0.2, -0.15) is 5.10 Å². The zero-order valence-electron chi connectivity index (χ0n) is 22.9. The number of hydrogen-bond donors (Lipinski definition) is 1. The molecule has 1 amide bonds. The smallest absolute Gasteiger partial charge is 0.245 e. The van der Waals surface area contributed by atoms with Crippen LogP contribution in [-0.4, -0.2) is 79.3 Å². The van der Waals surface area contributed by atoms with Crippen molar-refractivity contribution in [2.75, 3.05) is 58.3 Å². The fourth-order valence-corrected chi connectivity index (χ4v) is 5.91. The number of nitrogens with one attached hydrogen (secondary N) is 1. The fraction of sp³-hybridized carbons (Fsp3) is 0.433. The van der Waals surface area contributed by atoms with Gasteiger partial charge < -0.3 is 19.4 Å². The molecule has 2 saturated heterocycles. The Morgan fingerprint density at radius 1 is 1.31 bits per heavy atom. The molecule has 0 aliphatic carbocycles. The first-order valence-corrected chi connectivity index (χ1v) is 13.4. The van der Waals surface area contributed by atoms with Crippen LogP contribution in [0.25, 0.3) is 26.9 Å². The molecule has 0 radical (unpaired) electrons. The molecule has 2 aliphatic heterocycles. The molecule has 0 saturated carbocycles. The number of anilines is 1. The van der Waals surface area contributed by atoms with Crippen molar-refractivity contribution in [3.05, 3.63) is 59.8 Å². The summed E-state index contributed by atoms with van der Waals surface area (Å²) < 4.78 is 22.4. The third kappa shape index (κ3) is 4.97. The molecule has 39 heavy (non-hydrogen) atoms. The number of aryl methyl sites for hydroxylation is 1. The van der Waals surface area contributed by atoms with E-state index >= 15 is 4.39 Å².